The van der Waals surface area contributed by atoms with Gasteiger partial charge in [-0.2, -0.15) is 0 Å². The van der Waals surface area contributed by atoms with Crippen LogP contribution in [0.3, 0.4) is 0 Å². The Morgan fingerprint density at radius 3 is 2.32 bits per heavy atom. The van der Waals surface area contributed by atoms with Crippen LogP contribution in [0, 0.1) is 17.8 Å². The minimum Gasteiger partial charge on any atom is -0.457 e. The van der Waals surface area contributed by atoms with Gasteiger partial charge in [0.15, 0.2) is 0 Å². The number of aliphatic imine (C=N–C) groups is 1. The number of esters is 1. The highest BCUT2D eigenvalue weighted by Gasteiger charge is 2.41. The number of nitrogens with zero attached hydrogens (tertiary/aromatic N) is 1. The summed E-state index contributed by atoms with van der Waals surface area (Å²) in [5, 5.41) is 3.20. The second kappa shape index (κ2) is 10.2. The minimum atomic E-state index is -0.820. The van der Waals surface area contributed by atoms with Crippen LogP contribution in [-0.4, -0.2) is 29.9 Å². The van der Waals surface area contributed by atoms with Gasteiger partial charge in [0, 0.05) is 16.2 Å². The third kappa shape index (κ3) is 6.47. The predicted octanol–water partition coefficient (Wildman–Crippen LogP) is 5.00. The Morgan fingerprint density at radius 2 is 1.86 bits per heavy atom. The van der Waals surface area contributed by atoms with Crippen molar-refractivity contribution >= 4 is 29.3 Å². The normalized spacial score (nSPS) is 21.4. The van der Waals surface area contributed by atoms with Gasteiger partial charge in [-0.3, -0.25) is 9.79 Å². The molecular weight excluding hydrogens is 376 g/mol. The van der Waals surface area contributed by atoms with Gasteiger partial charge in [-0.15, -0.1) is 0 Å². The largest absolute Gasteiger partial charge is 0.457 e. The number of rotatable bonds is 10. The Morgan fingerprint density at radius 1 is 1.25 bits per heavy atom. The highest BCUT2D eigenvalue weighted by molar-refractivity contribution is 6.29. The van der Waals surface area contributed by atoms with Crippen LogP contribution in [0.2, 0.25) is 0 Å². The van der Waals surface area contributed by atoms with Gasteiger partial charge < -0.3 is 10.1 Å². The van der Waals surface area contributed by atoms with E-state index in [-0.39, 0.29) is 29.4 Å². The lowest BCUT2D eigenvalue weighted by atomic mass is 9.88. The summed E-state index contributed by atoms with van der Waals surface area (Å²) < 4.78 is 5.35. The fraction of sp³-hybridized carbons (Fsp3) is 0.682. The van der Waals surface area contributed by atoms with E-state index in [2.05, 4.69) is 25.7 Å². The number of ether oxygens (including phenoxy) is 1. The number of nitrogens with one attached hydrogen (secondary N) is 1. The molecule has 1 aliphatic rings. The van der Waals surface area contributed by atoms with Crippen molar-refractivity contribution in [2.24, 2.45) is 22.7 Å². The number of hydrogen-bond acceptors (Lipinski definition) is 4. The van der Waals surface area contributed by atoms with Crippen LogP contribution in [0.5, 0.6) is 0 Å². The standard InChI is InChI=1S/C22H35ClN2O3/c1-9-15(6)18(17(10-13(2)3)20(26)28-12-16(7)23)19-24-21(27)22(8,25-19)11-14(4)5/h13-15H,7,9-12H2,1-6,8H3,(H,24,25,27)/b18-17+. The predicted molar refractivity (Wildman–Crippen MR) is 115 cm³/mol. The van der Waals surface area contributed by atoms with E-state index in [1.807, 2.05) is 34.6 Å². The number of amides is 1. The van der Waals surface area contributed by atoms with Crippen molar-refractivity contribution in [1.82, 2.24) is 5.32 Å². The Balaban J connectivity index is 3.48. The first-order valence-electron chi connectivity index (χ1n) is 10.1. The maximum absolute atomic E-state index is 12.9. The second-order valence-corrected chi connectivity index (χ2v) is 9.21. The van der Waals surface area contributed by atoms with Gasteiger partial charge in [0.2, 0.25) is 0 Å². The zero-order chi connectivity index (χ0) is 21.6. The van der Waals surface area contributed by atoms with Crippen LogP contribution in [0.1, 0.15) is 67.7 Å². The number of carbonyl (C=O) groups excluding carboxylic acids is 2. The third-order valence-electron chi connectivity index (χ3n) is 4.79. The van der Waals surface area contributed by atoms with Gasteiger partial charge in [0.05, 0.1) is 0 Å². The molecule has 1 rings (SSSR count). The van der Waals surface area contributed by atoms with Crippen LogP contribution in [0.4, 0.5) is 0 Å². The van der Waals surface area contributed by atoms with Gasteiger partial charge in [-0.05, 0) is 43.9 Å². The van der Waals surface area contributed by atoms with Crippen molar-refractivity contribution in [1.29, 1.82) is 0 Å². The molecule has 0 spiro atoms. The molecule has 0 aromatic carbocycles. The first-order chi connectivity index (χ1) is 12.9. The smallest absolute Gasteiger partial charge is 0.334 e. The molecule has 0 bridgehead atoms. The molecule has 0 saturated carbocycles. The molecule has 0 radical (unpaired) electrons. The van der Waals surface area contributed by atoms with Crippen molar-refractivity contribution in [3.63, 3.8) is 0 Å². The summed E-state index contributed by atoms with van der Waals surface area (Å²) in [5.41, 5.74) is 0.497. The summed E-state index contributed by atoms with van der Waals surface area (Å²) in [6, 6.07) is 0. The molecule has 0 saturated heterocycles. The number of carbonyl (C=O) groups is 2. The zero-order valence-electron chi connectivity index (χ0n) is 18.3. The van der Waals surface area contributed by atoms with Gasteiger partial charge in [-0.1, -0.05) is 59.7 Å². The van der Waals surface area contributed by atoms with E-state index in [1.54, 1.807) is 0 Å². The minimum absolute atomic E-state index is 0.0420. The van der Waals surface area contributed by atoms with Crippen molar-refractivity contribution < 1.29 is 14.3 Å². The summed E-state index contributed by atoms with van der Waals surface area (Å²) in [6.45, 7) is 17.7. The van der Waals surface area contributed by atoms with Gasteiger partial charge >= 0.3 is 5.97 Å². The molecule has 0 aliphatic carbocycles. The van der Waals surface area contributed by atoms with E-state index in [0.717, 1.165) is 12.0 Å². The Bertz CT molecular complexity index is 679. The Hall–Kier alpha value is -1.62. The van der Waals surface area contributed by atoms with Crippen LogP contribution in [0.25, 0.3) is 0 Å². The van der Waals surface area contributed by atoms with E-state index in [0.29, 0.717) is 30.2 Å². The quantitative estimate of drug-likeness (QED) is 0.406. The van der Waals surface area contributed by atoms with E-state index < -0.39 is 11.5 Å². The molecule has 1 heterocycles. The van der Waals surface area contributed by atoms with E-state index >= 15 is 0 Å². The number of halogens is 1. The van der Waals surface area contributed by atoms with E-state index in [1.165, 1.54) is 0 Å². The number of amidine groups is 1. The molecule has 0 fully saturated rings. The average Bonchev–Trinajstić information content (AvgIpc) is 2.84. The summed E-state index contributed by atoms with van der Waals surface area (Å²) in [5.74, 6) is 0.551. The summed E-state index contributed by atoms with van der Waals surface area (Å²) >= 11 is 5.77. The van der Waals surface area contributed by atoms with Gasteiger partial charge in [-0.25, -0.2) is 4.79 Å². The number of hydrogen-bond donors (Lipinski definition) is 1. The lowest BCUT2D eigenvalue weighted by molar-refractivity contribution is -0.138. The van der Waals surface area contributed by atoms with E-state index in [4.69, 9.17) is 21.3 Å². The zero-order valence-corrected chi connectivity index (χ0v) is 19.1. The molecular formula is C22H35ClN2O3. The Labute approximate surface area is 174 Å². The Kier molecular flexibility index (Phi) is 8.93. The topological polar surface area (TPSA) is 67.8 Å². The molecule has 2 atom stereocenters. The first-order valence-corrected chi connectivity index (χ1v) is 10.4. The molecule has 158 valence electrons. The van der Waals surface area contributed by atoms with Crippen LogP contribution < -0.4 is 5.32 Å². The molecule has 6 heteroatoms. The van der Waals surface area contributed by atoms with E-state index in [9.17, 15) is 9.59 Å². The maximum atomic E-state index is 12.9. The van der Waals surface area contributed by atoms with Crippen molar-refractivity contribution in [2.75, 3.05) is 6.61 Å². The van der Waals surface area contributed by atoms with Crippen LogP contribution >= 0.6 is 11.6 Å². The molecule has 0 aromatic rings. The molecule has 1 amide bonds. The lowest BCUT2D eigenvalue weighted by Gasteiger charge is -2.21. The molecule has 0 aromatic heterocycles. The summed E-state index contributed by atoms with van der Waals surface area (Å²) in [7, 11) is 0. The second-order valence-electron chi connectivity index (χ2n) is 8.68. The SMILES string of the molecule is C=C(Cl)COC(=O)/C(CC(C)C)=C(/C1=NC(C)(CC(C)C)C(=O)N1)C(C)CC. The monoisotopic (exact) mass is 410 g/mol. The molecule has 28 heavy (non-hydrogen) atoms. The van der Waals surface area contributed by atoms with Gasteiger partial charge in [0.1, 0.15) is 18.0 Å². The van der Waals surface area contributed by atoms with Crippen LogP contribution in [0.15, 0.2) is 27.7 Å². The third-order valence-corrected chi connectivity index (χ3v) is 4.90. The molecule has 5 nitrogen and oxygen atoms in total. The average molecular weight is 411 g/mol. The molecule has 1 N–H and O–H groups in total. The van der Waals surface area contributed by atoms with Gasteiger partial charge in [0.25, 0.3) is 5.91 Å². The van der Waals surface area contributed by atoms with Crippen molar-refractivity contribution in [3.05, 3.63) is 22.8 Å². The molecule has 1 aliphatic heterocycles. The fourth-order valence-electron chi connectivity index (χ4n) is 3.45. The first kappa shape index (κ1) is 24.4. The summed E-state index contributed by atoms with van der Waals surface area (Å²) in [4.78, 5) is 30.3. The highest BCUT2D eigenvalue weighted by atomic mass is 35.5. The lowest BCUT2D eigenvalue weighted by Crippen LogP contribution is -2.39. The van der Waals surface area contributed by atoms with Crippen molar-refractivity contribution in [3.8, 4) is 0 Å². The molecule has 2 unspecified atom stereocenters. The van der Waals surface area contributed by atoms with Crippen LogP contribution in [-0.2, 0) is 14.3 Å². The summed E-state index contributed by atoms with van der Waals surface area (Å²) in [6.07, 6.45) is 1.98. The van der Waals surface area contributed by atoms with Crippen molar-refractivity contribution in [2.45, 2.75) is 73.3 Å². The maximum Gasteiger partial charge on any atom is 0.334 e. The highest BCUT2D eigenvalue weighted by Crippen LogP contribution is 2.31. The fourth-order valence-corrected chi connectivity index (χ4v) is 3.50.